The molecule has 6 nitrogen and oxygen atoms in total. The second kappa shape index (κ2) is 8.91. The zero-order chi connectivity index (χ0) is 18.2. The SMILES string of the molecule is C#CCNC(=O)C(C#N)=C1SC(CCc2cccnc2)C(=O)N1CC. The fourth-order valence-corrected chi connectivity index (χ4v) is 3.79. The third kappa shape index (κ3) is 4.40. The van der Waals surface area contributed by atoms with Crippen LogP contribution >= 0.6 is 11.8 Å². The van der Waals surface area contributed by atoms with Gasteiger partial charge in [0.15, 0.2) is 0 Å². The Balaban J connectivity index is 2.18. The van der Waals surface area contributed by atoms with E-state index in [4.69, 9.17) is 6.42 Å². The van der Waals surface area contributed by atoms with Crippen LogP contribution in [0.4, 0.5) is 0 Å². The molecule has 7 heteroatoms. The first kappa shape index (κ1) is 18.6. The number of nitrogens with one attached hydrogen (secondary N) is 1. The first-order valence-electron chi connectivity index (χ1n) is 7.85. The van der Waals surface area contributed by atoms with Gasteiger partial charge in [0.2, 0.25) is 5.91 Å². The number of aryl methyl sites for hydroxylation is 1. The largest absolute Gasteiger partial charge is 0.340 e. The number of thioether (sulfide) groups is 1. The number of terminal acetylenes is 1. The van der Waals surface area contributed by atoms with Gasteiger partial charge in [-0.3, -0.25) is 14.6 Å². The third-order valence-electron chi connectivity index (χ3n) is 3.68. The first-order chi connectivity index (χ1) is 12.1. The molecule has 1 saturated heterocycles. The minimum Gasteiger partial charge on any atom is -0.340 e. The lowest BCUT2D eigenvalue weighted by molar-refractivity contribution is -0.127. The van der Waals surface area contributed by atoms with Crippen molar-refractivity contribution >= 4 is 23.6 Å². The highest BCUT2D eigenvalue weighted by Gasteiger charge is 2.38. The van der Waals surface area contributed by atoms with Crippen LogP contribution in [0.3, 0.4) is 0 Å². The summed E-state index contributed by atoms with van der Waals surface area (Å²) in [5.74, 6) is 1.66. The highest BCUT2D eigenvalue weighted by atomic mass is 32.2. The Bertz CT molecular complexity index is 762. The molecule has 1 unspecified atom stereocenters. The average Bonchev–Trinajstić information content (AvgIpc) is 2.95. The van der Waals surface area contributed by atoms with Gasteiger partial charge < -0.3 is 10.2 Å². The van der Waals surface area contributed by atoms with Crippen LogP contribution in [-0.2, 0) is 16.0 Å². The van der Waals surface area contributed by atoms with Crippen molar-refractivity contribution in [2.24, 2.45) is 0 Å². The standard InChI is InChI=1S/C18H18N4O2S/c1-3-9-21-16(23)14(11-19)18-22(4-2)17(24)15(25-18)8-7-13-6-5-10-20-12-13/h1,5-6,10,12,15H,4,7-9H2,2H3,(H,21,23). The molecule has 0 saturated carbocycles. The summed E-state index contributed by atoms with van der Waals surface area (Å²) in [6.07, 6.45) is 9.91. The van der Waals surface area contributed by atoms with Gasteiger partial charge in [-0.05, 0) is 31.4 Å². The predicted octanol–water partition coefficient (Wildman–Crippen LogP) is 1.46. The maximum Gasteiger partial charge on any atom is 0.265 e. The summed E-state index contributed by atoms with van der Waals surface area (Å²) in [6, 6.07) is 5.72. The molecule has 1 aromatic heterocycles. The summed E-state index contributed by atoms with van der Waals surface area (Å²) in [7, 11) is 0. The molecule has 1 fully saturated rings. The second-order valence-electron chi connectivity index (χ2n) is 5.27. The van der Waals surface area contributed by atoms with E-state index in [1.54, 1.807) is 12.4 Å². The van der Waals surface area contributed by atoms with Crippen molar-refractivity contribution in [3.63, 3.8) is 0 Å². The van der Waals surface area contributed by atoms with Crippen LogP contribution in [0, 0.1) is 23.7 Å². The molecule has 1 aliphatic rings. The zero-order valence-electron chi connectivity index (χ0n) is 13.9. The fourth-order valence-electron chi connectivity index (χ4n) is 2.46. The number of carbonyl (C=O) groups excluding carboxylic acids is 2. The molecule has 1 aromatic rings. The highest BCUT2D eigenvalue weighted by molar-refractivity contribution is 8.04. The molecule has 0 bridgehead atoms. The molecule has 2 amide bonds. The molecule has 1 atom stereocenters. The number of rotatable bonds is 6. The second-order valence-corrected chi connectivity index (χ2v) is 6.46. The van der Waals surface area contributed by atoms with E-state index in [9.17, 15) is 14.9 Å². The zero-order valence-corrected chi connectivity index (χ0v) is 14.7. The van der Waals surface area contributed by atoms with Crippen molar-refractivity contribution in [2.45, 2.75) is 25.0 Å². The maximum absolute atomic E-state index is 12.6. The topological polar surface area (TPSA) is 86.1 Å². The van der Waals surface area contributed by atoms with Crippen LogP contribution in [0.1, 0.15) is 18.9 Å². The van der Waals surface area contributed by atoms with Gasteiger partial charge in [0.25, 0.3) is 5.91 Å². The van der Waals surface area contributed by atoms with Gasteiger partial charge in [-0.2, -0.15) is 5.26 Å². The lowest BCUT2D eigenvalue weighted by Crippen LogP contribution is -2.31. The summed E-state index contributed by atoms with van der Waals surface area (Å²) in [5, 5.41) is 11.9. The van der Waals surface area contributed by atoms with Gasteiger partial charge in [0.05, 0.1) is 11.8 Å². The molecular formula is C18H18N4O2S. The van der Waals surface area contributed by atoms with Gasteiger partial charge in [0, 0.05) is 18.9 Å². The molecule has 0 aromatic carbocycles. The monoisotopic (exact) mass is 354 g/mol. The molecule has 1 N–H and O–H groups in total. The normalized spacial score (nSPS) is 18.4. The summed E-state index contributed by atoms with van der Waals surface area (Å²) in [4.78, 5) is 30.3. The third-order valence-corrected chi connectivity index (χ3v) is 5.05. The van der Waals surface area contributed by atoms with Crippen LogP contribution < -0.4 is 5.32 Å². The maximum atomic E-state index is 12.6. The summed E-state index contributed by atoms with van der Waals surface area (Å²) in [5.41, 5.74) is 0.975. The van der Waals surface area contributed by atoms with Gasteiger partial charge >= 0.3 is 0 Å². The van der Waals surface area contributed by atoms with Crippen LogP contribution in [-0.4, -0.2) is 40.0 Å². The number of hydrogen-bond donors (Lipinski definition) is 1. The van der Waals surface area contributed by atoms with Gasteiger partial charge in [0.1, 0.15) is 16.7 Å². The molecule has 0 spiro atoms. The average molecular weight is 354 g/mol. The molecule has 128 valence electrons. The molecule has 0 radical (unpaired) electrons. The van der Waals surface area contributed by atoms with E-state index in [0.29, 0.717) is 24.4 Å². The number of amides is 2. The number of carbonyl (C=O) groups is 2. The number of pyridine rings is 1. The van der Waals surface area contributed by atoms with E-state index >= 15 is 0 Å². The lowest BCUT2D eigenvalue weighted by Gasteiger charge is -2.15. The molecule has 2 rings (SSSR count). The quantitative estimate of drug-likeness (QED) is 0.475. The van der Waals surface area contributed by atoms with Crippen molar-refractivity contribution in [3.05, 3.63) is 40.7 Å². The summed E-state index contributed by atoms with van der Waals surface area (Å²) >= 11 is 1.27. The van der Waals surface area contributed by atoms with Crippen molar-refractivity contribution in [3.8, 4) is 18.4 Å². The summed E-state index contributed by atoms with van der Waals surface area (Å²) in [6.45, 7) is 2.25. The summed E-state index contributed by atoms with van der Waals surface area (Å²) < 4.78 is 0. The van der Waals surface area contributed by atoms with Crippen LogP contribution in [0.15, 0.2) is 35.1 Å². The Morgan fingerprint density at radius 3 is 2.96 bits per heavy atom. The number of nitriles is 1. The van der Waals surface area contributed by atoms with Crippen LogP contribution in [0.25, 0.3) is 0 Å². The van der Waals surface area contributed by atoms with E-state index in [0.717, 1.165) is 5.56 Å². The minimum absolute atomic E-state index is 0.0342. The Morgan fingerprint density at radius 1 is 1.56 bits per heavy atom. The van der Waals surface area contributed by atoms with Crippen molar-refractivity contribution in [1.82, 2.24) is 15.2 Å². The predicted molar refractivity (Wildman–Crippen MR) is 95.8 cm³/mol. The van der Waals surface area contributed by atoms with E-state index in [2.05, 4.69) is 16.2 Å². The molecule has 0 aliphatic carbocycles. The van der Waals surface area contributed by atoms with Gasteiger partial charge in [-0.25, -0.2) is 0 Å². The van der Waals surface area contributed by atoms with E-state index in [1.165, 1.54) is 16.7 Å². The highest BCUT2D eigenvalue weighted by Crippen LogP contribution is 2.39. The van der Waals surface area contributed by atoms with Crippen LogP contribution in [0.2, 0.25) is 0 Å². The Labute approximate surface area is 151 Å². The Morgan fingerprint density at radius 2 is 2.36 bits per heavy atom. The van der Waals surface area contributed by atoms with E-state index in [1.807, 2.05) is 25.1 Å². The van der Waals surface area contributed by atoms with Crippen molar-refractivity contribution in [1.29, 1.82) is 5.26 Å². The van der Waals surface area contributed by atoms with Crippen molar-refractivity contribution < 1.29 is 9.59 Å². The number of hydrogen-bond acceptors (Lipinski definition) is 5. The molecule has 1 aliphatic heterocycles. The number of nitrogens with zero attached hydrogens (tertiary/aromatic N) is 3. The van der Waals surface area contributed by atoms with Gasteiger partial charge in [-0.1, -0.05) is 23.7 Å². The first-order valence-corrected chi connectivity index (χ1v) is 8.73. The number of aromatic nitrogens is 1. The molecule has 2 heterocycles. The minimum atomic E-state index is -0.554. The smallest absolute Gasteiger partial charge is 0.265 e. The Hall–Kier alpha value is -2.77. The van der Waals surface area contributed by atoms with E-state index in [-0.39, 0.29) is 23.3 Å². The fraction of sp³-hybridized carbons (Fsp3) is 0.333. The van der Waals surface area contributed by atoms with Crippen LogP contribution in [0.5, 0.6) is 0 Å². The molecular weight excluding hydrogens is 336 g/mol. The van der Waals surface area contributed by atoms with E-state index < -0.39 is 5.91 Å². The van der Waals surface area contributed by atoms with Crippen molar-refractivity contribution in [2.75, 3.05) is 13.1 Å². The van der Waals surface area contributed by atoms with Gasteiger partial charge in [-0.15, -0.1) is 6.42 Å². The molecule has 25 heavy (non-hydrogen) atoms. The Kier molecular flexibility index (Phi) is 6.62. The lowest BCUT2D eigenvalue weighted by atomic mass is 10.1.